The van der Waals surface area contributed by atoms with Crippen LogP contribution in [0.1, 0.15) is 36.9 Å². The number of nitrogens with zero attached hydrogens (tertiary/aromatic N) is 2. The predicted octanol–water partition coefficient (Wildman–Crippen LogP) is 3.97. The summed E-state index contributed by atoms with van der Waals surface area (Å²) >= 11 is 1.59. The van der Waals surface area contributed by atoms with Gasteiger partial charge in [-0.3, -0.25) is 9.20 Å². The van der Waals surface area contributed by atoms with E-state index in [1.165, 1.54) is 18.4 Å². The molecule has 1 saturated carbocycles. The Balaban J connectivity index is 1.53. The van der Waals surface area contributed by atoms with E-state index in [4.69, 9.17) is 4.98 Å². The minimum absolute atomic E-state index is 0.118. The van der Waals surface area contributed by atoms with Crippen LogP contribution in [-0.4, -0.2) is 21.3 Å². The van der Waals surface area contributed by atoms with Crippen molar-refractivity contribution in [2.75, 3.05) is 0 Å². The third-order valence-electron chi connectivity index (χ3n) is 4.69. The van der Waals surface area contributed by atoms with Gasteiger partial charge >= 0.3 is 0 Å². The van der Waals surface area contributed by atoms with Crippen molar-refractivity contribution < 1.29 is 4.79 Å². The third-order valence-corrected chi connectivity index (χ3v) is 5.58. The van der Waals surface area contributed by atoms with E-state index in [2.05, 4.69) is 36.5 Å². The number of nitrogens with one attached hydrogen (secondary N) is 1. The van der Waals surface area contributed by atoms with Gasteiger partial charge in [0.25, 0.3) is 0 Å². The molecule has 24 heavy (non-hydrogen) atoms. The summed E-state index contributed by atoms with van der Waals surface area (Å²) in [4.78, 5) is 17.9. The van der Waals surface area contributed by atoms with E-state index in [-0.39, 0.29) is 5.91 Å². The number of aryl methyl sites for hydroxylation is 1. The molecule has 5 heteroatoms. The fourth-order valence-electron chi connectivity index (χ4n) is 3.33. The highest BCUT2D eigenvalue weighted by Crippen LogP contribution is 2.24. The zero-order valence-corrected chi connectivity index (χ0v) is 14.6. The van der Waals surface area contributed by atoms with Gasteiger partial charge in [-0.2, -0.15) is 0 Å². The van der Waals surface area contributed by atoms with Crippen molar-refractivity contribution in [1.29, 1.82) is 0 Å². The topological polar surface area (TPSA) is 46.4 Å². The number of amides is 1. The summed E-state index contributed by atoms with van der Waals surface area (Å²) in [6.07, 6.45) is 7.15. The number of hydrogen-bond acceptors (Lipinski definition) is 3. The van der Waals surface area contributed by atoms with Crippen molar-refractivity contribution in [2.24, 2.45) is 0 Å². The van der Waals surface area contributed by atoms with Crippen LogP contribution in [0.4, 0.5) is 0 Å². The standard InChI is InChI=1S/C19H21N3OS/c1-13-6-8-14(9-7-13)17-11-22-16(12-24-19(22)21-17)10-18(23)20-15-4-2-3-5-15/h6-9,11-12,15H,2-5,10H2,1H3,(H,20,23). The third kappa shape index (κ3) is 3.08. The van der Waals surface area contributed by atoms with E-state index < -0.39 is 0 Å². The van der Waals surface area contributed by atoms with Crippen LogP contribution in [0.25, 0.3) is 16.2 Å². The van der Waals surface area contributed by atoms with E-state index >= 15 is 0 Å². The van der Waals surface area contributed by atoms with E-state index in [1.807, 2.05) is 16.0 Å². The summed E-state index contributed by atoms with van der Waals surface area (Å²) < 4.78 is 2.05. The molecule has 0 saturated heterocycles. The molecule has 1 aliphatic carbocycles. The Bertz CT molecular complexity index is 857. The van der Waals surface area contributed by atoms with Crippen LogP contribution in [-0.2, 0) is 11.2 Å². The molecule has 0 bridgehead atoms. The van der Waals surface area contributed by atoms with Gasteiger partial charge in [-0.05, 0) is 19.8 Å². The zero-order valence-electron chi connectivity index (χ0n) is 13.8. The lowest BCUT2D eigenvalue weighted by Crippen LogP contribution is -2.33. The summed E-state index contributed by atoms with van der Waals surface area (Å²) in [5, 5.41) is 5.20. The second kappa shape index (κ2) is 6.40. The van der Waals surface area contributed by atoms with Crippen molar-refractivity contribution in [3.63, 3.8) is 0 Å². The van der Waals surface area contributed by atoms with E-state index in [0.29, 0.717) is 12.5 Å². The molecule has 1 N–H and O–H groups in total. The number of benzene rings is 1. The first-order valence-corrected chi connectivity index (χ1v) is 9.39. The van der Waals surface area contributed by atoms with Gasteiger partial charge in [0.15, 0.2) is 4.96 Å². The number of fused-ring (bicyclic) bond motifs is 1. The lowest BCUT2D eigenvalue weighted by molar-refractivity contribution is -0.121. The Kier molecular flexibility index (Phi) is 4.10. The predicted molar refractivity (Wildman–Crippen MR) is 97.3 cm³/mol. The molecule has 2 aromatic heterocycles. The number of hydrogen-bond donors (Lipinski definition) is 1. The molecular weight excluding hydrogens is 318 g/mol. The number of rotatable bonds is 4. The van der Waals surface area contributed by atoms with Gasteiger partial charge in [-0.15, -0.1) is 11.3 Å². The summed E-state index contributed by atoms with van der Waals surface area (Å²) in [7, 11) is 0. The Morgan fingerprint density at radius 1 is 1.29 bits per heavy atom. The van der Waals surface area contributed by atoms with Crippen LogP contribution < -0.4 is 5.32 Å². The Labute approximate surface area is 145 Å². The van der Waals surface area contributed by atoms with Crippen LogP contribution in [0.3, 0.4) is 0 Å². The molecule has 4 nitrogen and oxygen atoms in total. The molecular formula is C19H21N3OS. The SMILES string of the molecule is Cc1ccc(-c2cn3c(CC(=O)NC4CCCC4)csc3n2)cc1. The van der Waals surface area contributed by atoms with E-state index in [1.54, 1.807) is 11.3 Å². The van der Waals surface area contributed by atoms with E-state index in [0.717, 1.165) is 34.8 Å². The van der Waals surface area contributed by atoms with E-state index in [9.17, 15) is 4.79 Å². The second-order valence-corrected chi connectivity index (χ2v) is 7.43. The lowest BCUT2D eigenvalue weighted by Gasteiger charge is -2.11. The molecule has 1 aliphatic rings. The number of imidazole rings is 1. The van der Waals surface area contributed by atoms with Crippen molar-refractivity contribution in [2.45, 2.75) is 45.1 Å². The minimum atomic E-state index is 0.118. The minimum Gasteiger partial charge on any atom is -0.353 e. The molecule has 0 atom stereocenters. The monoisotopic (exact) mass is 339 g/mol. The first-order valence-electron chi connectivity index (χ1n) is 8.51. The maximum Gasteiger partial charge on any atom is 0.226 e. The van der Waals surface area contributed by atoms with Gasteiger partial charge in [0.2, 0.25) is 5.91 Å². The second-order valence-electron chi connectivity index (χ2n) is 6.60. The van der Waals surface area contributed by atoms with Crippen molar-refractivity contribution in [3.05, 3.63) is 47.1 Å². The maximum atomic E-state index is 12.3. The summed E-state index contributed by atoms with van der Waals surface area (Å²) in [6.45, 7) is 2.08. The molecule has 0 spiro atoms. The van der Waals surface area contributed by atoms with Crippen LogP contribution in [0.15, 0.2) is 35.8 Å². The highest BCUT2D eigenvalue weighted by Gasteiger charge is 2.18. The Morgan fingerprint density at radius 2 is 2.04 bits per heavy atom. The normalized spacial score (nSPS) is 15.2. The molecule has 2 heterocycles. The number of thiazole rings is 1. The molecule has 3 aromatic rings. The quantitative estimate of drug-likeness (QED) is 0.782. The van der Waals surface area contributed by atoms with Gasteiger partial charge in [0.05, 0.1) is 12.1 Å². The average Bonchev–Trinajstić information content (AvgIpc) is 3.27. The molecule has 4 rings (SSSR count). The number of carbonyl (C=O) groups excluding carboxylic acids is 1. The van der Waals surface area contributed by atoms with Gasteiger partial charge in [-0.25, -0.2) is 4.98 Å². The van der Waals surface area contributed by atoms with Gasteiger partial charge < -0.3 is 5.32 Å². The largest absolute Gasteiger partial charge is 0.353 e. The van der Waals surface area contributed by atoms with Gasteiger partial charge in [0.1, 0.15) is 0 Å². The van der Waals surface area contributed by atoms with Crippen molar-refractivity contribution in [3.8, 4) is 11.3 Å². The molecule has 1 aromatic carbocycles. The Hall–Kier alpha value is -2.14. The fraction of sp³-hybridized carbons (Fsp3) is 0.368. The zero-order chi connectivity index (χ0) is 16.5. The summed E-state index contributed by atoms with van der Waals surface area (Å²) in [5.41, 5.74) is 4.32. The molecule has 0 radical (unpaired) electrons. The molecule has 124 valence electrons. The van der Waals surface area contributed by atoms with Gasteiger partial charge in [0, 0.05) is 28.9 Å². The van der Waals surface area contributed by atoms with Crippen molar-refractivity contribution >= 4 is 22.2 Å². The smallest absolute Gasteiger partial charge is 0.226 e. The first kappa shape index (κ1) is 15.4. The highest BCUT2D eigenvalue weighted by atomic mass is 32.1. The Morgan fingerprint density at radius 3 is 2.79 bits per heavy atom. The van der Waals surface area contributed by atoms with Crippen molar-refractivity contribution in [1.82, 2.24) is 14.7 Å². The maximum absolute atomic E-state index is 12.3. The molecule has 1 amide bonds. The average molecular weight is 339 g/mol. The number of aromatic nitrogens is 2. The molecule has 0 unspecified atom stereocenters. The fourth-order valence-corrected chi connectivity index (χ4v) is 4.21. The highest BCUT2D eigenvalue weighted by molar-refractivity contribution is 7.15. The molecule has 1 fully saturated rings. The van der Waals surface area contributed by atoms with Crippen LogP contribution in [0.5, 0.6) is 0 Å². The summed E-state index contributed by atoms with van der Waals surface area (Å²) in [5.74, 6) is 0.118. The van der Waals surface area contributed by atoms with Gasteiger partial charge in [-0.1, -0.05) is 42.7 Å². The number of carbonyl (C=O) groups is 1. The molecule has 0 aliphatic heterocycles. The first-order chi connectivity index (χ1) is 11.7. The van der Waals surface area contributed by atoms with Crippen LogP contribution >= 0.6 is 11.3 Å². The lowest BCUT2D eigenvalue weighted by atomic mass is 10.1. The van der Waals surface area contributed by atoms with Crippen LogP contribution in [0.2, 0.25) is 0 Å². The summed E-state index contributed by atoms with van der Waals surface area (Å²) in [6, 6.07) is 8.75. The van der Waals surface area contributed by atoms with Crippen LogP contribution in [0, 0.1) is 6.92 Å².